The second kappa shape index (κ2) is 3.61. The van der Waals surface area contributed by atoms with Crippen molar-refractivity contribution in [3.8, 4) is 0 Å². The van der Waals surface area contributed by atoms with Crippen molar-refractivity contribution in [2.75, 3.05) is 18.0 Å². The third-order valence-electron chi connectivity index (χ3n) is 2.77. The minimum absolute atomic E-state index is 0.287. The third kappa shape index (κ3) is 1.75. The second-order valence-electron chi connectivity index (χ2n) is 4.34. The summed E-state index contributed by atoms with van der Waals surface area (Å²) in [5.74, 6) is 1.70. The van der Waals surface area contributed by atoms with Crippen LogP contribution in [0.15, 0.2) is 12.4 Å². The molecular weight excluding hydrogens is 176 g/mol. The molecule has 1 saturated heterocycles. The molecule has 0 spiro atoms. The van der Waals surface area contributed by atoms with Gasteiger partial charge in [-0.05, 0) is 12.3 Å². The Labute approximate surface area is 84.7 Å². The summed E-state index contributed by atoms with van der Waals surface area (Å²) in [7, 11) is 2.02. The van der Waals surface area contributed by atoms with Gasteiger partial charge in [0, 0.05) is 38.6 Å². The second-order valence-corrected chi connectivity index (χ2v) is 4.34. The molecule has 0 aromatic carbocycles. The Kier molecular flexibility index (Phi) is 2.46. The maximum absolute atomic E-state index is 5.99. The van der Waals surface area contributed by atoms with Crippen LogP contribution in [0.5, 0.6) is 0 Å². The van der Waals surface area contributed by atoms with Crippen LogP contribution >= 0.6 is 0 Å². The van der Waals surface area contributed by atoms with Gasteiger partial charge >= 0.3 is 0 Å². The Bertz CT molecular complexity index is 297. The van der Waals surface area contributed by atoms with E-state index in [9.17, 15) is 0 Å². The molecule has 0 amide bonds. The number of rotatable bonds is 1. The zero-order chi connectivity index (χ0) is 10.1. The normalized spacial score (nSPS) is 28.1. The van der Waals surface area contributed by atoms with Crippen LogP contribution in [0.1, 0.15) is 13.3 Å². The SMILES string of the molecule is CC1CC(N)CN(c2nccn2C)C1. The van der Waals surface area contributed by atoms with Crippen molar-refractivity contribution in [3.63, 3.8) is 0 Å². The van der Waals surface area contributed by atoms with Crippen molar-refractivity contribution in [3.05, 3.63) is 12.4 Å². The van der Waals surface area contributed by atoms with E-state index in [1.54, 1.807) is 0 Å². The van der Waals surface area contributed by atoms with E-state index in [0.717, 1.165) is 25.5 Å². The predicted molar refractivity (Wildman–Crippen MR) is 57.2 cm³/mol. The van der Waals surface area contributed by atoms with Crippen LogP contribution < -0.4 is 10.6 Å². The topological polar surface area (TPSA) is 47.1 Å². The fourth-order valence-electron chi connectivity index (χ4n) is 2.23. The van der Waals surface area contributed by atoms with Crippen molar-refractivity contribution >= 4 is 5.95 Å². The van der Waals surface area contributed by atoms with E-state index in [1.807, 2.05) is 24.0 Å². The minimum Gasteiger partial charge on any atom is -0.340 e. The zero-order valence-electron chi connectivity index (χ0n) is 8.85. The lowest BCUT2D eigenvalue weighted by molar-refractivity contribution is 0.396. The first-order chi connectivity index (χ1) is 6.66. The molecule has 1 aromatic rings. The van der Waals surface area contributed by atoms with E-state index >= 15 is 0 Å². The Morgan fingerprint density at radius 2 is 2.29 bits per heavy atom. The predicted octanol–water partition coefficient (Wildman–Crippen LogP) is 0.594. The molecule has 2 heterocycles. The molecule has 2 unspecified atom stereocenters. The standard InChI is InChI=1S/C10H18N4/c1-8-5-9(11)7-14(6-8)10-12-3-4-13(10)2/h3-4,8-9H,5-7,11H2,1-2H3. The lowest BCUT2D eigenvalue weighted by atomic mass is 9.97. The van der Waals surface area contributed by atoms with E-state index in [-0.39, 0.29) is 6.04 Å². The largest absolute Gasteiger partial charge is 0.340 e. The van der Waals surface area contributed by atoms with Crippen molar-refractivity contribution < 1.29 is 0 Å². The van der Waals surface area contributed by atoms with Gasteiger partial charge in [-0.25, -0.2) is 4.98 Å². The fourth-order valence-corrected chi connectivity index (χ4v) is 2.23. The lowest BCUT2D eigenvalue weighted by Crippen LogP contribution is -2.47. The summed E-state index contributed by atoms with van der Waals surface area (Å²) in [5, 5.41) is 0. The fraction of sp³-hybridized carbons (Fsp3) is 0.700. The highest BCUT2D eigenvalue weighted by Crippen LogP contribution is 2.20. The van der Waals surface area contributed by atoms with Crippen LogP contribution in [0.4, 0.5) is 5.95 Å². The van der Waals surface area contributed by atoms with Gasteiger partial charge in [0.25, 0.3) is 0 Å². The summed E-state index contributed by atoms with van der Waals surface area (Å²) in [6.45, 7) is 4.24. The van der Waals surface area contributed by atoms with Crippen LogP contribution in [0.2, 0.25) is 0 Å². The number of nitrogens with two attached hydrogens (primary N) is 1. The van der Waals surface area contributed by atoms with Crippen molar-refractivity contribution in [1.29, 1.82) is 0 Å². The first kappa shape index (κ1) is 9.52. The van der Waals surface area contributed by atoms with Gasteiger partial charge < -0.3 is 15.2 Å². The maximum atomic E-state index is 5.99. The monoisotopic (exact) mass is 194 g/mol. The van der Waals surface area contributed by atoms with E-state index in [1.165, 1.54) is 0 Å². The Balaban J connectivity index is 2.15. The Morgan fingerprint density at radius 3 is 2.86 bits per heavy atom. The molecule has 0 bridgehead atoms. The average Bonchev–Trinajstić information content (AvgIpc) is 2.49. The molecule has 78 valence electrons. The summed E-state index contributed by atoms with van der Waals surface area (Å²) in [6, 6.07) is 0.287. The van der Waals surface area contributed by atoms with E-state index in [2.05, 4.69) is 16.8 Å². The van der Waals surface area contributed by atoms with E-state index in [4.69, 9.17) is 5.73 Å². The quantitative estimate of drug-likeness (QED) is 0.712. The highest BCUT2D eigenvalue weighted by molar-refractivity contribution is 5.32. The van der Waals surface area contributed by atoms with Crippen LogP contribution in [-0.4, -0.2) is 28.7 Å². The van der Waals surface area contributed by atoms with Gasteiger partial charge in [-0.15, -0.1) is 0 Å². The van der Waals surface area contributed by atoms with Crippen molar-refractivity contribution in [2.45, 2.75) is 19.4 Å². The van der Waals surface area contributed by atoms with Crippen LogP contribution in [0.3, 0.4) is 0 Å². The molecular formula is C10H18N4. The lowest BCUT2D eigenvalue weighted by Gasteiger charge is -2.35. The molecule has 1 fully saturated rings. The smallest absolute Gasteiger partial charge is 0.205 e. The number of aryl methyl sites for hydroxylation is 1. The maximum Gasteiger partial charge on any atom is 0.205 e. The van der Waals surface area contributed by atoms with Gasteiger partial charge in [-0.1, -0.05) is 6.92 Å². The minimum atomic E-state index is 0.287. The molecule has 4 heteroatoms. The summed E-state index contributed by atoms with van der Waals surface area (Å²) in [6.07, 6.45) is 4.93. The van der Waals surface area contributed by atoms with E-state index < -0.39 is 0 Å². The average molecular weight is 194 g/mol. The molecule has 2 atom stereocenters. The number of piperidine rings is 1. The number of nitrogens with zero attached hydrogens (tertiary/aromatic N) is 3. The first-order valence-electron chi connectivity index (χ1n) is 5.14. The third-order valence-corrected chi connectivity index (χ3v) is 2.77. The number of hydrogen-bond donors (Lipinski definition) is 1. The molecule has 1 aliphatic heterocycles. The van der Waals surface area contributed by atoms with Crippen molar-refractivity contribution in [2.24, 2.45) is 18.7 Å². The van der Waals surface area contributed by atoms with Gasteiger partial charge in [-0.2, -0.15) is 0 Å². The Morgan fingerprint density at radius 1 is 1.50 bits per heavy atom. The molecule has 0 radical (unpaired) electrons. The molecule has 14 heavy (non-hydrogen) atoms. The number of aromatic nitrogens is 2. The summed E-state index contributed by atoms with van der Waals surface area (Å²) in [4.78, 5) is 6.62. The zero-order valence-corrected chi connectivity index (χ0v) is 8.85. The molecule has 0 saturated carbocycles. The van der Waals surface area contributed by atoms with Gasteiger partial charge in [0.2, 0.25) is 5.95 Å². The Hall–Kier alpha value is -1.03. The number of imidazole rings is 1. The van der Waals surface area contributed by atoms with Gasteiger partial charge in [0.05, 0.1) is 0 Å². The summed E-state index contributed by atoms with van der Waals surface area (Å²) >= 11 is 0. The number of hydrogen-bond acceptors (Lipinski definition) is 3. The van der Waals surface area contributed by atoms with Gasteiger partial charge in [-0.3, -0.25) is 0 Å². The van der Waals surface area contributed by atoms with E-state index in [0.29, 0.717) is 5.92 Å². The van der Waals surface area contributed by atoms with Crippen LogP contribution in [0.25, 0.3) is 0 Å². The van der Waals surface area contributed by atoms with Crippen LogP contribution in [0, 0.1) is 5.92 Å². The van der Waals surface area contributed by atoms with Crippen molar-refractivity contribution in [1.82, 2.24) is 9.55 Å². The summed E-state index contributed by atoms with van der Waals surface area (Å²) < 4.78 is 2.05. The highest BCUT2D eigenvalue weighted by Gasteiger charge is 2.24. The molecule has 2 N–H and O–H groups in total. The molecule has 1 aromatic heterocycles. The number of anilines is 1. The van der Waals surface area contributed by atoms with Crippen LogP contribution in [-0.2, 0) is 7.05 Å². The molecule has 0 aliphatic carbocycles. The van der Waals surface area contributed by atoms with Gasteiger partial charge in [0.1, 0.15) is 0 Å². The highest BCUT2D eigenvalue weighted by atomic mass is 15.3. The first-order valence-corrected chi connectivity index (χ1v) is 5.14. The summed E-state index contributed by atoms with van der Waals surface area (Å²) in [5.41, 5.74) is 5.99. The molecule has 1 aliphatic rings. The molecule has 2 rings (SSSR count). The van der Waals surface area contributed by atoms with Gasteiger partial charge in [0.15, 0.2) is 0 Å². The molecule has 4 nitrogen and oxygen atoms in total.